The molecule has 2 heteroatoms. The first kappa shape index (κ1) is 13.8. The van der Waals surface area contributed by atoms with Crippen LogP contribution in [0.25, 0.3) is 11.1 Å². The van der Waals surface area contributed by atoms with Gasteiger partial charge in [0.2, 0.25) is 0 Å². The van der Waals surface area contributed by atoms with Crippen molar-refractivity contribution >= 4 is 17.4 Å². The molecule has 0 spiro atoms. The lowest BCUT2D eigenvalue weighted by Gasteiger charge is -2.09. The smallest absolute Gasteiger partial charge is 0.164 e. The van der Waals surface area contributed by atoms with Crippen LogP contribution in [0, 0.1) is 5.92 Å². The average Bonchev–Trinajstić information content (AvgIpc) is 2.39. The topological polar surface area (TPSA) is 17.1 Å². The molecule has 2 rings (SSSR count). The van der Waals surface area contributed by atoms with Crippen LogP contribution < -0.4 is 0 Å². The first-order valence-corrected chi connectivity index (χ1v) is 6.84. The molecule has 0 aliphatic heterocycles. The highest BCUT2D eigenvalue weighted by atomic mass is 35.5. The van der Waals surface area contributed by atoms with Gasteiger partial charge in [0.25, 0.3) is 0 Å². The number of ketones is 1. The first-order valence-electron chi connectivity index (χ1n) is 6.46. The van der Waals surface area contributed by atoms with E-state index in [1.807, 2.05) is 56.3 Å². The van der Waals surface area contributed by atoms with Crippen molar-refractivity contribution in [1.29, 1.82) is 0 Å². The fourth-order valence-electron chi connectivity index (χ4n) is 2.03. The lowest BCUT2D eigenvalue weighted by molar-refractivity contribution is 0.0968. The molecule has 19 heavy (non-hydrogen) atoms. The molecule has 2 aromatic carbocycles. The molecule has 0 amide bonds. The SMILES string of the molecule is CC(C)CC(=O)c1cc(-c2ccccc2)ccc1Cl. The third-order valence-corrected chi connectivity index (χ3v) is 3.30. The van der Waals surface area contributed by atoms with Gasteiger partial charge in [0.1, 0.15) is 0 Å². The van der Waals surface area contributed by atoms with Crippen LogP contribution in [0.2, 0.25) is 5.02 Å². The van der Waals surface area contributed by atoms with Crippen molar-refractivity contribution in [3.8, 4) is 11.1 Å². The highest BCUT2D eigenvalue weighted by Gasteiger charge is 2.13. The first-order chi connectivity index (χ1) is 9.08. The number of hydrogen-bond acceptors (Lipinski definition) is 1. The fraction of sp³-hybridized carbons (Fsp3) is 0.235. The Morgan fingerprint density at radius 2 is 1.74 bits per heavy atom. The quantitative estimate of drug-likeness (QED) is 0.696. The van der Waals surface area contributed by atoms with E-state index in [9.17, 15) is 4.79 Å². The zero-order valence-corrected chi connectivity index (χ0v) is 11.9. The Hall–Kier alpha value is -1.60. The van der Waals surface area contributed by atoms with Crippen LogP contribution in [0.4, 0.5) is 0 Å². The van der Waals surface area contributed by atoms with Crippen molar-refractivity contribution in [1.82, 2.24) is 0 Å². The Morgan fingerprint density at radius 3 is 2.37 bits per heavy atom. The van der Waals surface area contributed by atoms with Gasteiger partial charge in [-0.15, -0.1) is 0 Å². The Balaban J connectivity index is 2.38. The lowest BCUT2D eigenvalue weighted by Crippen LogP contribution is -2.04. The highest BCUT2D eigenvalue weighted by Crippen LogP contribution is 2.26. The summed E-state index contributed by atoms with van der Waals surface area (Å²) in [5.74, 6) is 0.446. The van der Waals surface area contributed by atoms with E-state index in [2.05, 4.69) is 0 Å². The number of Topliss-reactive ketones (excluding diaryl/α,β-unsaturated/α-hetero) is 1. The van der Waals surface area contributed by atoms with E-state index in [4.69, 9.17) is 11.6 Å². The van der Waals surface area contributed by atoms with Gasteiger partial charge < -0.3 is 0 Å². The number of hydrogen-bond donors (Lipinski definition) is 0. The molecular formula is C17H17ClO. The van der Waals surface area contributed by atoms with E-state index in [-0.39, 0.29) is 5.78 Å². The molecule has 0 saturated carbocycles. The molecule has 98 valence electrons. The van der Waals surface area contributed by atoms with Crippen LogP contribution >= 0.6 is 11.6 Å². The fourth-order valence-corrected chi connectivity index (χ4v) is 2.25. The zero-order chi connectivity index (χ0) is 13.8. The molecule has 0 bridgehead atoms. The van der Waals surface area contributed by atoms with Crippen LogP contribution in [-0.4, -0.2) is 5.78 Å². The van der Waals surface area contributed by atoms with Gasteiger partial charge in [0, 0.05) is 12.0 Å². The van der Waals surface area contributed by atoms with Gasteiger partial charge in [0.05, 0.1) is 5.02 Å². The number of benzene rings is 2. The molecular weight excluding hydrogens is 256 g/mol. The van der Waals surface area contributed by atoms with Crippen LogP contribution in [0.5, 0.6) is 0 Å². The van der Waals surface area contributed by atoms with Crippen molar-refractivity contribution in [3.05, 3.63) is 59.1 Å². The average molecular weight is 273 g/mol. The Morgan fingerprint density at radius 1 is 1.05 bits per heavy atom. The lowest BCUT2D eigenvalue weighted by atomic mass is 9.97. The second kappa shape index (κ2) is 6.03. The van der Waals surface area contributed by atoms with Crippen molar-refractivity contribution < 1.29 is 4.79 Å². The number of rotatable bonds is 4. The van der Waals surface area contributed by atoms with Crippen molar-refractivity contribution in [3.63, 3.8) is 0 Å². The van der Waals surface area contributed by atoms with Crippen LogP contribution in [-0.2, 0) is 0 Å². The maximum atomic E-state index is 12.2. The van der Waals surface area contributed by atoms with E-state index in [0.29, 0.717) is 22.9 Å². The molecule has 0 aliphatic rings. The van der Waals surface area contributed by atoms with Crippen LogP contribution in [0.15, 0.2) is 48.5 Å². The van der Waals surface area contributed by atoms with Gasteiger partial charge in [-0.3, -0.25) is 4.79 Å². The zero-order valence-electron chi connectivity index (χ0n) is 11.2. The van der Waals surface area contributed by atoms with Gasteiger partial charge in [-0.1, -0.05) is 61.8 Å². The number of carbonyl (C=O) groups excluding carboxylic acids is 1. The van der Waals surface area contributed by atoms with Gasteiger partial charge in [-0.05, 0) is 29.2 Å². The van der Waals surface area contributed by atoms with Gasteiger partial charge in [-0.2, -0.15) is 0 Å². The van der Waals surface area contributed by atoms with Crippen molar-refractivity contribution in [2.24, 2.45) is 5.92 Å². The minimum Gasteiger partial charge on any atom is -0.294 e. The summed E-state index contributed by atoms with van der Waals surface area (Å²) >= 11 is 6.14. The summed E-state index contributed by atoms with van der Waals surface area (Å²) in [6.45, 7) is 4.07. The predicted octanol–water partition coefficient (Wildman–Crippen LogP) is 5.24. The molecule has 0 aromatic heterocycles. The summed E-state index contributed by atoms with van der Waals surface area (Å²) in [6, 6.07) is 15.6. The molecule has 0 unspecified atom stereocenters. The largest absolute Gasteiger partial charge is 0.294 e. The Bertz CT molecular complexity index is 573. The summed E-state index contributed by atoms with van der Waals surface area (Å²) in [7, 11) is 0. The molecule has 0 aliphatic carbocycles. The second-order valence-corrected chi connectivity index (χ2v) is 5.49. The third-order valence-electron chi connectivity index (χ3n) is 2.97. The molecule has 0 fully saturated rings. The summed E-state index contributed by atoms with van der Waals surface area (Å²) in [5, 5.41) is 0.533. The van der Waals surface area contributed by atoms with E-state index in [1.54, 1.807) is 6.07 Å². The van der Waals surface area contributed by atoms with Gasteiger partial charge in [-0.25, -0.2) is 0 Å². The van der Waals surface area contributed by atoms with Gasteiger partial charge in [0.15, 0.2) is 5.78 Å². The molecule has 0 radical (unpaired) electrons. The van der Waals surface area contributed by atoms with Crippen LogP contribution in [0.3, 0.4) is 0 Å². The molecule has 0 heterocycles. The molecule has 0 N–H and O–H groups in total. The monoisotopic (exact) mass is 272 g/mol. The summed E-state index contributed by atoms with van der Waals surface area (Å²) < 4.78 is 0. The molecule has 0 saturated heterocycles. The van der Waals surface area contributed by atoms with E-state index in [1.165, 1.54) is 0 Å². The number of halogens is 1. The van der Waals surface area contributed by atoms with E-state index in [0.717, 1.165) is 11.1 Å². The van der Waals surface area contributed by atoms with Crippen molar-refractivity contribution in [2.45, 2.75) is 20.3 Å². The highest BCUT2D eigenvalue weighted by molar-refractivity contribution is 6.34. The Kier molecular flexibility index (Phi) is 4.39. The second-order valence-electron chi connectivity index (χ2n) is 5.08. The normalized spacial score (nSPS) is 10.7. The van der Waals surface area contributed by atoms with Crippen LogP contribution in [0.1, 0.15) is 30.6 Å². The minimum absolute atomic E-state index is 0.109. The minimum atomic E-state index is 0.109. The summed E-state index contributed by atoms with van der Waals surface area (Å²) in [5.41, 5.74) is 2.74. The maximum Gasteiger partial charge on any atom is 0.164 e. The predicted molar refractivity (Wildman–Crippen MR) is 80.7 cm³/mol. The van der Waals surface area contributed by atoms with Crippen molar-refractivity contribution in [2.75, 3.05) is 0 Å². The Labute approximate surface area is 119 Å². The third kappa shape index (κ3) is 3.45. The number of carbonyl (C=O) groups is 1. The van der Waals surface area contributed by atoms with Gasteiger partial charge >= 0.3 is 0 Å². The summed E-state index contributed by atoms with van der Waals surface area (Å²) in [6.07, 6.45) is 0.526. The molecule has 2 aromatic rings. The maximum absolute atomic E-state index is 12.2. The van der Waals surface area contributed by atoms with E-state index < -0.39 is 0 Å². The summed E-state index contributed by atoms with van der Waals surface area (Å²) in [4.78, 5) is 12.2. The standard InChI is InChI=1S/C17H17ClO/c1-12(2)10-17(19)15-11-14(8-9-16(15)18)13-6-4-3-5-7-13/h3-9,11-12H,10H2,1-2H3. The molecule has 1 nitrogen and oxygen atoms in total. The van der Waals surface area contributed by atoms with E-state index >= 15 is 0 Å². The molecule has 0 atom stereocenters.